The summed E-state index contributed by atoms with van der Waals surface area (Å²) in [6.07, 6.45) is 1.80. The van der Waals surface area contributed by atoms with Crippen molar-refractivity contribution in [3.8, 4) is 0 Å². The zero-order chi connectivity index (χ0) is 11.7. The van der Waals surface area contributed by atoms with Crippen LogP contribution >= 0.6 is 11.5 Å². The number of hydrogen-bond donors (Lipinski definition) is 1. The molecular weight excluding hydrogens is 234 g/mol. The van der Waals surface area contributed by atoms with E-state index in [1.54, 1.807) is 5.38 Å². The zero-order valence-corrected chi connectivity index (χ0v) is 9.91. The van der Waals surface area contributed by atoms with E-state index in [-0.39, 0.29) is 11.9 Å². The molecule has 0 unspecified atom stereocenters. The minimum absolute atomic E-state index is 0.128. The molecule has 4 nitrogen and oxygen atoms in total. The van der Waals surface area contributed by atoms with E-state index in [1.807, 2.05) is 12.1 Å². The number of nitrogens with one attached hydrogen (secondary N) is 1. The van der Waals surface area contributed by atoms with Crippen LogP contribution in [0.15, 0.2) is 29.6 Å². The third kappa shape index (κ3) is 2.06. The average molecular weight is 245 g/mol. The van der Waals surface area contributed by atoms with Crippen LogP contribution in [0.2, 0.25) is 0 Å². The molecule has 1 heterocycles. The van der Waals surface area contributed by atoms with Gasteiger partial charge in [0.2, 0.25) is 0 Å². The summed E-state index contributed by atoms with van der Waals surface area (Å²) >= 11 is 1.19. The predicted molar refractivity (Wildman–Crippen MR) is 65.0 cm³/mol. The van der Waals surface area contributed by atoms with Crippen molar-refractivity contribution >= 4 is 17.4 Å². The predicted octanol–water partition coefficient (Wildman–Crippen LogP) is 1.44. The SMILES string of the molecule is O=C(NC1Cc2ccccc2C1)c1csnn1. The molecule has 86 valence electrons. The second-order valence-corrected chi connectivity index (χ2v) is 4.75. The van der Waals surface area contributed by atoms with Gasteiger partial charge in [-0.1, -0.05) is 28.8 Å². The molecule has 0 saturated heterocycles. The van der Waals surface area contributed by atoms with Gasteiger partial charge in [-0.05, 0) is 35.5 Å². The number of aromatic nitrogens is 2. The molecule has 2 aromatic rings. The molecule has 5 heteroatoms. The lowest BCUT2D eigenvalue weighted by Gasteiger charge is -2.09. The van der Waals surface area contributed by atoms with Gasteiger partial charge in [0.1, 0.15) is 0 Å². The molecule has 0 fully saturated rings. The summed E-state index contributed by atoms with van der Waals surface area (Å²) in [5.74, 6) is -0.128. The van der Waals surface area contributed by atoms with Crippen molar-refractivity contribution in [2.24, 2.45) is 0 Å². The summed E-state index contributed by atoms with van der Waals surface area (Å²) in [7, 11) is 0. The Balaban J connectivity index is 1.68. The largest absolute Gasteiger partial charge is 0.347 e. The Morgan fingerprint density at radius 2 is 2.00 bits per heavy atom. The summed E-state index contributed by atoms with van der Waals surface area (Å²) < 4.78 is 3.69. The fourth-order valence-electron chi connectivity index (χ4n) is 2.18. The van der Waals surface area contributed by atoms with Crippen molar-refractivity contribution in [1.29, 1.82) is 0 Å². The smallest absolute Gasteiger partial charge is 0.272 e. The Kier molecular flexibility index (Phi) is 2.60. The maximum atomic E-state index is 11.8. The monoisotopic (exact) mass is 245 g/mol. The quantitative estimate of drug-likeness (QED) is 0.871. The first-order valence-corrected chi connectivity index (χ1v) is 6.31. The maximum absolute atomic E-state index is 11.8. The molecule has 0 spiro atoms. The van der Waals surface area contributed by atoms with E-state index in [1.165, 1.54) is 22.7 Å². The normalized spacial score (nSPS) is 14.6. The van der Waals surface area contributed by atoms with E-state index < -0.39 is 0 Å². The number of carbonyl (C=O) groups excluding carboxylic acids is 1. The number of benzene rings is 1. The number of nitrogens with zero attached hydrogens (tertiary/aromatic N) is 2. The Morgan fingerprint density at radius 3 is 2.59 bits per heavy atom. The van der Waals surface area contributed by atoms with Crippen LogP contribution in [0.1, 0.15) is 21.6 Å². The molecule has 0 saturated carbocycles. The summed E-state index contributed by atoms with van der Waals surface area (Å²) in [4.78, 5) is 11.8. The van der Waals surface area contributed by atoms with Crippen LogP contribution in [0, 0.1) is 0 Å². The molecule has 1 N–H and O–H groups in total. The summed E-state index contributed by atoms with van der Waals surface area (Å²) in [6.45, 7) is 0. The lowest BCUT2D eigenvalue weighted by atomic mass is 10.1. The van der Waals surface area contributed by atoms with E-state index >= 15 is 0 Å². The van der Waals surface area contributed by atoms with Gasteiger partial charge in [0.25, 0.3) is 5.91 Å². The summed E-state index contributed by atoms with van der Waals surface area (Å²) in [5.41, 5.74) is 3.06. The van der Waals surface area contributed by atoms with Crippen LogP contribution < -0.4 is 5.32 Å². The Bertz CT molecular complexity index is 513. The molecule has 1 aliphatic carbocycles. The van der Waals surface area contributed by atoms with Crippen molar-refractivity contribution in [1.82, 2.24) is 14.9 Å². The molecule has 1 aromatic heterocycles. The first kappa shape index (κ1) is 10.4. The molecule has 0 atom stereocenters. The third-order valence-corrected chi connectivity index (χ3v) is 3.48. The molecule has 1 aromatic carbocycles. The van der Waals surface area contributed by atoms with Crippen LogP contribution in [0.3, 0.4) is 0 Å². The minimum Gasteiger partial charge on any atom is -0.347 e. The van der Waals surface area contributed by atoms with Crippen molar-refractivity contribution in [2.75, 3.05) is 0 Å². The summed E-state index contributed by atoms with van der Waals surface area (Å²) in [6, 6.07) is 8.49. The number of hydrogen-bond acceptors (Lipinski definition) is 4. The molecule has 0 bridgehead atoms. The van der Waals surface area contributed by atoms with Crippen LogP contribution in [-0.4, -0.2) is 21.5 Å². The van der Waals surface area contributed by atoms with Crippen molar-refractivity contribution in [3.63, 3.8) is 0 Å². The highest BCUT2D eigenvalue weighted by molar-refractivity contribution is 7.03. The fourth-order valence-corrected chi connectivity index (χ4v) is 2.62. The van der Waals surface area contributed by atoms with Gasteiger partial charge < -0.3 is 5.32 Å². The topological polar surface area (TPSA) is 54.9 Å². The Hall–Kier alpha value is -1.75. The van der Waals surface area contributed by atoms with E-state index in [9.17, 15) is 4.79 Å². The second kappa shape index (κ2) is 4.25. The van der Waals surface area contributed by atoms with Gasteiger partial charge >= 0.3 is 0 Å². The molecule has 17 heavy (non-hydrogen) atoms. The molecule has 0 aliphatic heterocycles. The highest BCUT2D eigenvalue weighted by Gasteiger charge is 2.23. The zero-order valence-electron chi connectivity index (χ0n) is 9.09. The van der Waals surface area contributed by atoms with Gasteiger partial charge in [-0.15, -0.1) is 5.10 Å². The highest BCUT2D eigenvalue weighted by Crippen LogP contribution is 2.21. The molecule has 3 rings (SSSR count). The Labute approximate surface area is 103 Å². The lowest BCUT2D eigenvalue weighted by molar-refractivity contribution is 0.0933. The Morgan fingerprint density at radius 1 is 1.29 bits per heavy atom. The first-order chi connectivity index (χ1) is 8.33. The number of amides is 1. The first-order valence-electron chi connectivity index (χ1n) is 5.47. The van der Waals surface area contributed by atoms with Gasteiger partial charge in [-0.25, -0.2) is 0 Å². The van der Waals surface area contributed by atoms with Crippen LogP contribution in [0.5, 0.6) is 0 Å². The van der Waals surface area contributed by atoms with Gasteiger partial charge in [0.15, 0.2) is 5.69 Å². The van der Waals surface area contributed by atoms with Gasteiger partial charge in [0.05, 0.1) is 0 Å². The molecule has 1 amide bonds. The maximum Gasteiger partial charge on any atom is 0.272 e. The third-order valence-electron chi connectivity index (χ3n) is 2.98. The lowest BCUT2D eigenvalue weighted by Crippen LogP contribution is -2.35. The van der Waals surface area contributed by atoms with Crippen LogP contribution in [0.25, 0.3) is 0 Å². The standard InChI is InChI=1S/C12H11N3OS/c16-12(11-7-17-15-14-11)13-10-5-8-3-1-2-4-9(8)6-10/h1-4,7,10H,5-6H2,(H,13,16). The number of rotatable bonds is 2. The van der Waals surface area contributed by atoms with Crippen molar-refractivity contribution in [3.05, 3.63) is 46.5 Å². The average Bonchev–Trinajstić information content (AvgIpc) is 2.97. The van der Waals surface area contributed by atoms with Crippen molar-refractivity contribution < 1.29 is 4.79 Å². The van der Waals surface area contributed by atoms with Crippen LogP contribution in [-0.2, 0) is 12.8 Å². The summed E-state index contributed by atoms with van der Waals surface area (Å²) in [5, 5.41) is 8.42. The number of carbonyl (C=O) groups is 1. The van der Waals surface area contributed by atoms with E-state index in [0.29, 0.717) is 5.69 Å². The number of fused-ring (bicyclic) bond motifs is 1. The van der Waals surface area contributed by atoms with Crippen LogP contribution in [0.4, 0.5) is 0 Å². The van der Waals surface area contributed by atoms with E-state index in [4.69, 9.17) is 0 Å². The second-order valence-electron chi connectivity index (χ2n) is 4.14. The molecular formula is C12H11N3OS. The van der Waals surface area contributed by atoms with Crippen molar-refractivity contribution in [2.45, 2.75) is 18.9 Å². The highest BCUT2D eigenvalue weighted by atomic mass is 32.1. The van der Waals surface area contributed by atoms with Gasteiger partial charge in [0, 0.05) is 11.4 Å². The van der Waals surface area contributed by atoms with E-state index in [0.717, 1.165) is 12.8 Å². The minimum atomic E-state index is -0.128. The fraction of sp³-hybridized carbons (Fsp3) is 0.250. The molecule has 1 aliphatic rings. The van der Waals surface area contributed by atoms with Gasteiger partial charge in [-0.2, -0.15) is 0 Å². The molecule has 0 radical (unpaired) electrons. The van der Waals surface area contributed by atoms with Gasteiger partial charge in [-0.3, -0.25) is 4.79 Å². The van der Waals surface area contributed by atoms with E-state index in [2.05, 4.69) is 27.0 Å².